The topological polar surface area (TPSA) is 3.24 Å². The molecule has 0 fully saturated rings. The molecule has 0 saturated carbocycles. The molecule has 0 radical (unpaired) electrons. The minimum Gasteiger partial charge on any atom is -0.345 e. The molecule has 5 aromatic carbocycles. The van der Waals surface area contributed by atoms with Crippen LogP contribution in [-0.2, 0) is 5.41 Å². The van der Waals surface area contributed by atoms with Crippen molar-refractivity contribution in [1.82, 2.24) is 0 Å². The summed E-state index contributed by atoms with van der Waals surface area (Å²) in [4.78, 5) is 2.24. The van der Waals surface area contributed by atoms with Gasteiger partial charge in [0.15, 0.2) is 0 Å². The molecule has 1 heteroatoms. The number of hydrogen-bond donors (Lipinski definition) is 0. The van der Waals surface area contributed by atoms with E-state index in [4.69, 9.17) is 0 Å². The van der Waals surface area contributed by atoms with E-state index in [0.717, 1.165) is 0 Å². The van der Waals surface area contributed by atoms with Crippen LogP contribution in [0.4, 0.5) is 11.4 Å². The molecular weight excluding hydrogens is 422 g/mol. The van der Waals surface area contributed by atoms with Gasteiger partial charge >= 0.3 is 0 Å². The van der Waals surface area contributed by atoms with Gasteiger partial charge in [0.2, 0.25) is 0 Å². The van der Waals surface area contributed by atoms with Crippen molar-refractivity contribution in [3.63, 3.8) is 0 Å². The number of hydrogen-bond acceptors (Lipinski definition) is 1. The van der Waals surface area contributed by atoms with Crippen LogP contribution in [0.5, 0.6) is 0 Å². The van der Waals surface area contributed by atoms with Gasteiger partial charge in [-0.25, -0.2) is 0 Å². The van der Waals surface area contributed by atoms with Gasteiger partial charge in [-0.3, -0.25) is 0 Å². The minimum atomic E-state index is 0.0218. The van der Waals surface area contributed by atoms with Crippen molar-refractivity contribution >= 4 is 11.4 Å². The monoisotopic (exact) mass is 451 g/mol. The summed E-state index contributed by atoms with van der Waals surface area (Å²) in [5.41, 5.74) is 12.9. The number of fused-ring (bicyclic) bond motifs is 3. The molecule has 1 aliphatic rings. The predicted octanol–water partition coefficient (Wildman–Crippen LogP) is 9.09. The SMILES string of the molecule is CN(c1ccc(-c2ccccc2)cc1)c1ccc(-c2ccc3c(c2)C(C)(C)c2ccccc2-3)cc1. The zero-order valence-corrected chi connectivity index (χ0v) is 20.5. The van der Waals surface area contributed by atoms with Gasteiger partial charge in [0.25, 0.3) is 0 Å². The number of benzene rings is 5. The Balaban J connectivity index is 1.26. The predicted molar refractivity (Wildman–Crippen MR) is 149 cm³/mol. The lowest BCUT2D eigenvalue weighted by Crippen LogP contribution is -2.14. The minimum absolute atomic E-state index is 0.0218. The molecule has 0 spiro atoms. The highest BCUT2D eigenvalue weighted by Gasteiger charge is 2.35. The van der Waals surface area contributed by atoms with E-state index in [1.807, 2.05) is 0 Å². The summed E-state index contributed by atoms with van der Waals surface area (Å²) in [5, 5.41) is 0. The van der Waals surface area contributed by atoms with Crippen LogP contribution < -0.4 is 4.90 Å². The van der Waals surface area contributed by atoms with Gasteiger partial charge in [0.05, 0.1) is 0 Å². The summed E-state index contributed by atoms with van der Waals surface area (Å²) in [6.07, 6.45) is 0. The Labute approximate surface area is 208 Å². The average Bonchev–Trinajstić information content (AvgIpc) is 3.15. The second kappa shape index (κ2) is 8.29. The van der Waals surface area contributed by atoms with Gasteiger partial charge in [0.1, 0.15) is 0 Å². The molecule has 6 rings (SSSR count). The van der Waals surface area contributed by atoms with Crippen LogP contribution in [0.2, 0.25) is 0 Å². The first kappa shape index (κ1) is 21.4. The van der Waals surface area contributed by atoms with Gasteiger partial charge in [0, 0.05) is 23.8 Å². The maximum atomic E-state index is 2.39. The zero-order valence-electron chi connectivity index (χ0n) is 20.5. The first-order chi connectivity index (χ1) is 17.0. The second-order valence-corrected chi connectivity index (χ2v) is 9.95. The molecule has 0 atom stereocenters. The molecule has 170 valence electrons. The fourth-order valence-electron chi connectivity index (χ4n) is 5.42. The van der Waals surface area contributed by atoms with Crippen LogP contribution in [0.1, 0.15) is 25.0 Å². The summed E-state index contributed by atoms with van der Waals surface area (Å²) in [7, 11) is 2.13. The number of rotatable bonds is 4. The van der Waals surface area contributed by atoms with Crippen molar-refractivity contribution in [2.45, 2.75) is 19.3 Å². The Bertz CT molecular complexity index is 1490. The Morgan fingerprint density at radius 2 is 0.943 bits per heavy atom. The van der Waals surface area contributed by atoms with Gasteiger partial charge in [-0.2, -0.15) is 0 Å². The highest BCUT2D eigenvalue weighted by Crippen LogP contribution is 2.49. The van der Waals surface area contributed by atoms with Crippen LogP contribution >= 0.6 is 0 Å². The second-order valence-electron chi connectivity index (χ2n) is 9.95. The van der Waals surface area contributed by atoms with Crippen LogP contribution in [-0.4, -0.2) is 7.05 Å². The van der Waals surface area contributed by atoms with E-state index < -0.39 is 0 Å². The standard InChI is InChI=1S/C34H29N/c1-34(2)32-12-8-7-11-30(32)31-22-17-27(23-33(31)34)26-15-20-29(21-16-26)35(3)28-18-13-25(14-19-28)24-9-5-4-6-10-24/h4-23H,1-3H3. The molecule has 1 nitrogen and oxygen atoms in total. The van der Waals surface area contributed by atoms with Gasteiger partial charge < -0.3 is 4.90 Å². The molecule has 0 unspecified atom stereocenters. The molecule has 5 aromatic rings. The van der Waals surface area contributed by atoms with E-state index in [2.05, 4.69) is 147 Å². The Kier molecular flexibility index (Phi) is 5.07. The quantitative estimate of drug-likeness (QED) is 0.263. The molecule has 0 heterocycles. The molecule has 0 amide bonds. The van der Waals surface area contributed by atoms with Crippen LogP contribution in [0.25, 0.3) is 33.4 Å². The summed E-state index contributed by atoms with van der Waals surface area (Å²) in [6.45, 7) is 4.67. The third-order valence-electron chi connectivity index (χ3n) is 7.53. The van der Waals surface area contributed by atoms with Crippen LogP contribution in [0, 0.1) is 0 Å². The van der Waals surface area contributed by atoms with E-state index in [9.17, 15) is 0 Å². The third-order valence-corrected chi connectivity index (χ3v) is 7.53. The molecule has 0 saturated heterocycles. The van der Waals surface area contributed by atoms with Crippen LogP contribution in [0.15, 0.2) is 121 Å². The van der Waals surface area contributed by atoms with Gasteiger partial charge in [-0.15, -0.1) is 0 Å². The molecule has 0 aromatic heterocycles. The molecule has 0 aliphatic heterocycles. The lowest BCUT2D eigenvalue weighted by Gasteiger charge is -2.22. The van der Waals surface area contributed by atoms with E-state index in [-0.39, 0.29) is 5.41 Å². The van der Waals surface area contributed by atoms with Crippen molar-refractivity contribution in [2.24, 2.45) is 0 Å². The largest absolute Gasteiger partial charge is 0.345 e. The fraction of sp³-hybridized carbons (Fsp3) is 0.118. The first-order valence-corrected chi connectivity index (χ1v) is 12.3. The highest BCUT2D eigenvalue weighted by atomic mass is 15.1. The van der Waals surface area contributed by atoms with E-state index in [1.54, 1.807) is 0 Å². The van der Waals surface area contributed by atoms with E-state index in [1.165, 1.54) is 55.9 Å². The van der Waals surface area contributed by atoms with Crippen molar-refractivity contribution in [1.29, 1.82) is 0 Å². The summed E-state index contributed by atoms with van der Waals surface area (Å²) < 4.78 is 0. The van der Waals surface area contributed by atoms with Gasteiger partial charge in [-0.1, -0.05) is 105 Å². The Morgan fingerprint density at radius 1 is 0.457 bits per heavy atom. The number of anilines is 2. The van der Waals surface area contributed by atoms with Crippen LogP contribution in [0.3, 0.4) is 0 Å². The molecule has 0 bridgehead atoms. The lowest BCUT2D eigenvalue weighted by atomic mass is 9.81. The molecular formula is C34H29N. The maximum Gasteiger partial charge on any atom is 0.0408 e. The van der Waals surface area contributed by atoms with Crippen molar-refractivity contribution in [3.05, 3.63) is 132 Å². The van der Waals surface area contributed by atoms with E-state index >= 15 is 0 Å². The van der Waals surface area contributed by atoms with Crippen molar-refractivity contribution < 1.29 is 0 Å². The fourth-order valence-corrected chi connectivity index (χ4v) is 5.42. The normalized spacial score (nSPS) is 13.2. The Morgan fingerprint density at radius 3 is 1.60 bits per heavy atom. The summed E-state index contributed by atoms with van der Waals surface area (Å²) in [5.74, 6) is 0. The Hall–Kier alpha value is -4.10. The zero-order chi connectivity index (χ0) is 24.0. The van der Waals surface area contributed by atoms with Crippen molar-refractivity contribution in [2.75, 3.05) is 11.9 Å². The summed E-state index contributed by atoms with van der Waals surface area (Å²) in [6, 6.07) is 43.9. The molecule has 1 aliphatic carbocycles. The smallest absolute Gasteiger partial charge is 0.0408 e. The maximum absolute atomic E-state index is 2.39. The molecule has 35 heavy (non-hydrogen) atoms. The van der Waals surface area contributed by atoms with Gasteiger partial charge in [-0.05, 0) is 74.8 Å². The lowest BCUT2D eigenvalue weighted by molar-refractivity contribution is 0.660. The molecule has 0 N–H and O–H groups in total. The number of nitrogens with zero attached hydrogens (tertiary/aromatic N) is 1. The average molecular weight is 452 g/mol. The third kappa shape index (κ3) is 3.65. The highest BCUT2D eigenvalue weighted by molar-refractivity contribution is 5.83. The van der Waals surface area contributed by atoms with E-state index in [0.29, 0.717) is 0 Å². The summed E-state index contributed by atoms with van der Waals surface area (Å²) >= 11 is 0. The van der Waals surface area contributed by atoms with Crippen molar-refractivity contribution in [3.8, 4) is 33.4 Å². The first-order valence-electron chi connectivity index (χ1n) is 12.3.